The molecule has 1 aromatic heterocycles. The van der Waals surface area contributed by atoms with Crippen molar-refractivity contribution in [3.05, 3.63) is 59.0 Å². The lowest BCUT2D eigenvalue weighted by Crippen LogP contribution is -2.44. The van der Waals surface area contributed by atoms with E-state index in [1.807, 2.05) is 19.3 Å². The van der Waals surface area contributed by atoms with Gasteiger partial charge in [0.15, 0.2) is 5.76 Å². The Hall–Kier alpha value is -3.82. The molecule has 2 N–H and O–H groups in total. The first-order valence-electron chi connectivity index (χ1n) is 13.0. The van der Waals surface area contributed by atoms with E-state index in [-0.39, 0.29) is 17.6 Å². The van der Waals surface area contributed by atoms with Gasteiger partial charge in [-0.15, -0.1) is 0 Å². The Balaban J connectivity index is 1.39. The van der Waals surface area contributed by atoms with Gasteiger partial charge >= 0.3 is 6.03 Å². The van der Waals surface area contributed by atoms with Crippen molar-refractivity contribution >= 4 is 34.5 Å². The Kier molecular flexibility index (Phi) is 7.40. The van der Waals surface area contributed by atoms with Crippen LogP contribution < -0.4 is 20.1 Å². The third kappa shape index (κ3) is 5.25. The van der Waals surface area contributed by atoms with Crippen LogP contribution in [0.4, 0.5) is 10.5 Å². The van der Waals surface area contributed by atoms with E-state index in [4.69, 9.17) is 9.47 Å². The number of aryl methyl sites for hydroxylation is 2. The lowest BCUT2D eigenvalue weighted by molar-refractivity contribution is 0.101. The van der Waals surface area contributed by atoms with Crippen molar-refractivity contribution in [1.82, 2.24) is 19.7 Å². The van der Waals surface area contributed by atoms with Gasteiger partial charge in [-0.2, -0.15) is 0 Å². The molecular weight excluding hydrogens is 482 g/mol. The van der Waals surface area contributed by atoms with Gasteiger partial charge in [-0.25, -0.2) is 4.79 Å². The topological polar surface area (TPSA) is 88.1 Å². The number of carbonyl (C=O) groups is 2. The Bertz CT molecular complexity index is 1400. The maximum atomic E-state index is 13.2. The molecule has 3 aromatic rings. The van der Waals surface area contributed by atoms with E-state index in [9.17, 15) is 9.59 Å². The first-order valence-corrected chi connectivity index (χ1v) is 13.0. The van der Waals surface area contributed by atoms with Crippen molar-refractivity contribution in [2.75, 3.05) is 59.2 Å². The Morgan fingerprint density at radius 3 is 2.66 bits per heavy atom. The van der Waals surface area contributed by atoms with Gasteiger partial charge in [-0.05, 0) is 68.4 Å². The molecule has 38 heavy (non-hydrogen) atoms. The molecule has 2 aromatic carbocycles. The van der Waals surface area contributed by atoms with Crippen LogP contribution in [0.3, 0.4) is 0 Å². The lowest BCUT2D eigenvalue weighted by Gasteiger charge is -2.32. The number of hydrogen-bond donors (Lipinski definition) is 2. The first kappa shape index (κ1) is 25.8. The number of ether oxygens (including phenoxy) is 2. The number of methoxy groups -OCH3 is 1. The number of nitrogens with one attached hydrogen (secondary N) is 2. The normalized spacial score (nSPS) is 17.1. The maximum absolute atomic E-state index is 13.2. The van der Waals surface area contributed by atoms with Gasteiger partial charge in [-0.1, -0.05) is 0 Å². The quantitative estimate of drug-likeness (QED) is 0.465. The number of Topliss-reactive ketones (excluding diaryl/α,β-unsaturated/α-hetero) is 1. The molecule has 9 nitrogen and oxygen atoms in total. The van der Waals surface area contributed by atoms with E-state index in [1.54, 1.807) is 31.4 Å². The highest BCUT2D eigenvalue weighted by Crippen LogP contribution is 2.36. The second kappa shape index (κ2) is 10.9. The van der Waals surface area contributed by atoms with E-state index in [2.05, 4.69) is 38.1 Å². The number of aromatic nitrogens is 1. The number of carbonyl (C=O) groups excluding carboxylic acids is 2. The zero-order valence-electron chi connectivity index (χ0n) is 22.5. The maximum Gasteiger partial charge on any atom is 0.318 e. The average molecular weight is 518 g/mol. The summed E-state index contributed by atoms with van der Waals surface area (Å²) in [4.78, 5) is 29.8. The molecule has 9 heteroatoms. The molecule has 3 heterocycles. The number of allylic oxidation sites excluding steroid dienone is 1. The molecule has 1 saturated heterocycles. The molecular formula is C29H35N5O4. The average Bonchev–Trinajstić information content (AvgIpc) is 3.40. The van der Waals surface area contributed by atoms with Gasteiger partial charge in [0.1, 0.15) is 11.5 Å². The standard InChI is InChI=1S/C29H35N5O4/c1-30-29(36)31-21-7-8-25-24(16-21)28(35)26(38-25)15-20-18-33(3)27-19(14-22(37-4)17-23(20)27)6-5-9-34-12-10-32(2)11-13-34/h7-8,14-18H,5-6,9-13H2,1-4H3,(H2,30,31,36)/b26-15-. The van der Waals surface area contributed by atoms with E-state index in [1.165, 1.54) is 12.6 Å². The summed E-state index contributed by atoms with van der Waals surface area (Å²) in [5.74, 6) is 1.31. The Morgan fingerprint density at radius 2 is 1.92 bits per heavy atom. The van der Waals surface area contributed by atoms with Crippen molar-refractivity contribution in [3.63, 3.8) is 0 Å². The largest absolute Gasteiger partial charge is 0.497 e. The summed E-state index contributed by atoms with van der Waals surface area (Å²) in [6.45, 7) is 5.55. The fourth-order valence-corrected chi connectivity index (χ4v) is 5.23. The number of piperazine rings is 1. The zero-order chi connectivity index (χ0) is 26.8. The molecule has 2 aliphatic heterocycles. The lowest BCUT2D eigenvalue weighted by atomic mass is 10.0. The van der Waals surface area contributed by atoms with Crippen LogP contribution in [-0.4, -0.2) is 80.1 Å². The summed E-state index contributed by atoms with van der Waals surface area (Å²) in [5, 5.41) is 6.21. The molecule has 0 radical (unpaired) electrons. The minimum atomic E-state index is -0.351. The molecule has 0 atom stereocenters. The van der Waals surface area contributed by atoms with Crippen LogP contribution in [0.15, 0.2) is 42.3 Å². The summed E-state index contributed by atoms with van der Waals surface area (Å²) in [7, 11) is 7.43. The summed E-state index contributed by atoms with van der Waals surface area (Å²) in [6, 6.07) is 8.83. The molecule has 1 fully saturated rings. The third-order valence-corrected chi connectivity index (χ3v) is 7.35. The van der Waals surface area contributed by atoms with Crippen molar-refractivity contribution in [1.29, 1.82) is 0 Å². The summed E-state index contributed by atoms with van der Waals surface area (Å²) >= 11 is 0. The van der Waals surface area contributed by atoms with E-state index in [0.29, 0.717) is 17.0 Å². The van der Waals surface area contributed by atoms with Gasteiger partial charge in [0.2, 0.25) is 5.78 Å². The Labute approximate surface area is 223 Å². The third-order valence-electron chi connectivity index (χ3n) is 7.35. The van der Waals surface area contributed by atoms with E-state index >= 15 is 0 Å². The predicted molar refractivity (Wildman–Crippen MR) is 149 cm³/mol. The molecule has 0 spiro atoms. The number of hydrogen-bond acceptors (Lipinski definition) is 6. The van der Waals surface area contributed by atoms with Crippen LogP contribution in [0.1, 0.15) is 27.9 Å². The number of nitrogens with zero attached hydrogens (tertiary/aromatic N) is 3. The summed E-state index contributed by atoms with van der Waals surface area (Å²) in [5.41, 5.74) is 4.20. The van der Waals surface area contributed by atoms with Gasteiger partial charge in [0.25, 0.3) is 0 Å². The van der Waals surface area contributed by atoms with Crippen molar-refractivity contribution < 1.29 is 19.1 Å². The molecule has 0 saturated carbocycles. The molecule has 2 aliphatic rings. The second-order valence-corrected chi connectivity index (χ2v) is 9.98. The molecule has 0 aliphatic carbocycles. The van der Waals surface area contributed by atoms with Gasteiger partial charge in [0, 0.05) is 63.1 Å². The van der Waals surface area contributed by atoms with Crippen LogP contribution in [0.25, 0.3) is 17.0 Å². The monoisotopic (exact) mass is 517 g/mol. The van der Waals surface area contributed by atoms with Crippen molar-refractivity contribution in [2.45, 2.75) is 12.8 Å². The van der Waals surface area contributed by atoms with E-state index < -0.39 is 0 Å². The van der Waals surface area contributed by atoms with Crippen LogP contribution >= 0.6 is 0 Å². The van der Waals surface area contributed by atoms with Crippen LogP contribution in [0.2, 0.25) is 0 Å². The number of rotatable bonds is 7. The summed E-state index contributed by atoms with van der Waals surface area (Å²) in [6.07, 6.45) is 5.83. The number of likely N-dealkylation sites (N-methyl/N-ethyl adjacent to an activating group) is 1. The number of anilines is 1. The molecule has 2 amide bonds. The number of amides is 2. The highest BCUT2D eigenvalue weighted by Gasteiger charge is 2.28. The Morgan fingerprint density at radius 1 is 1.13 bits per heavy atom. The fraction of sp³-hybridized carbons (Fsp3) is 0.379. The number of fused-ring (bicyclic) bond motifs is 2. The highest BCUT2D eigenvalue weighted by molar-refractivity contribution is 6.15. The highest BCUT2D eigenvalue weighted by atomic mass is 16.5. The van der Waals surface area contributed by atoms with Gasteiger partial charge in [0.05, 0.1) is 18.2 Å². The smallest absolute Gasteiger partial charge is 0.318 e. The molecule has 0 bridgehead atoms. The molecule has 5 rings (SSSR count). The van der Waals surface area contributed by atoms with Crippen LogP contribution in [0, 0.1) is 0 Å². The van der Waals surface area contributed by atoms with Gasteiger partial charge < -0.3 is 34.5 Å². The minimum Gasteiger partial charge on any atom is -0.497 e. The van der Waals surface area contributed by atoms with Crippen molar-refractivity contribution in [3.8, 4) is 11.5 Å². The minimum absolute atomic E-state index is 0.215. The van der Waals surface area contributed by atoms with E-state index in [0.717, 1.165) is 67.8 Å². The van der Waals surface area contributed by atoms with Crippen LogP contribution in [0.5, 0.6) is 11.5 Å². The SMILES string of the molecule is CNC(=O)Nc1ccc2c(c1)C(=O)/C(=C/c1cn(C)c3c(CCCN4CCN(C)CC4)cc(OC)cc13)O2. The number of ketones is 1. The number of urea groups is 1. The van der Waals surface area contributed by atoms with Crippen molar-refractivity contribution in [2.24, 2.45) is 7.05 Å². The zero-order valence-corrected chi connectivity index (χ0v) is 22.5. The molecule has 0 unspecified atom stereocenters. The van der Waals surface area contributed by atoms with Gasteiger partial charge in [-0.3, -0.25) is 4.79 Å². The van der Waals surface area contributed by atoms with Crippen LogP contribution in [-0.2, 0) is 13.5 Å². The second-order valence-electron chi connectivity index (χ2n) is 9.98. The fourth-order valence-electron chi connectivity index (χ4n) is 5.23. The summed E-state index contributed by atoms with van der Waals surface area (Å²) < 4.78 is 13.7. The predicted octanol–water partition coefficient (Wildman–Crippen LogP) is 3.73. The number of benzene rings is 2. The molecule has 200 valence electrons. The first-order chi connectivity index (χ1) is 18.4.